The second-order valence-corrected chi connectivity index (χ2v) is 7.44. The van der Waals surface area contributed by atoms with Gasteiger partial charge in [-0.2, -0.15) is 11.8 Å². The van der Waals surface area contributed by atoms with Crippen LogP contribution in [0.3, 0.4) is 0 Å². The largest absolute Gasteiger partial charge is 0.495 e. The van der Waals surface area contributed by atoms with Crippen molar-refractivity contribution in [3.05, 3.63) is 29.4 Å². The minimum Gasteiger partial charge on any atom is -0.495 e. The van der Waals surface area contributed by atoms with Crippen molar-refractivity contribution in [2.75, 3.05) is 37.1 Å². The SMILES string of the molecule is COc1cc2nccc(N3CCC(CCSC)CC3)c2cc1Cl. The van der Waals surface area contributed by atoms with Crippen LogP contribution >= 0.6 is 23.4 Å². The van der Waals surface area contributed by atoms with Crippen molar-refractivity contribution in [3.8, 4) is 5.75 Å². The van der Waals surface area contributed by atoms with Gasteiger partial charge in [-0.1, -0.05) is 11.6 Å². The van der Waals surface area contributed by atoms with E-state index >= 15 is 0 Å². The Hall–Kier alpha value is -1.13. The lowest BCUT2D eigenvalue weighted by Crippen LogP contribution is -2.34. The monoisotopic (exact) mass is 350 g/mol. The van der Waals surface area contributed by atoms with Gasteiger partial charge < -0.3 is 9.64 Å². The highest BCUT2D eigenvalue weighted by atomic mass is 35.5. The average molecular weight is 351 g/mol. The second-order valence-electron chi connectivity index (χ2n) is 6.05. The predicted octanol–water partition coefficient (Wildman–Crippen LogP) is 4.87. The minimum absolute atomic E-state index is 0.643. The summed E-state index contributed by atoms with van der Waals surface area (Å²) in [6.45, 7) is 2.23. The van der Waals surface area contributed by atoms with Gasteiger partial charge in [-0.25, -0.2) is 0 Å². The molecular weight excluding hydrogens is 328 g/mol. The molecule has 0 bridgehead atoms. The van der Waals surface area contributed by atoms with Gasteiger partial charge in [-0.15, -0.1) is 0 Å². The van der Waals surface area contributed by atoms with E-state index in [9.17, 15) is 0 Å². The molecule has 1 aliphatic rings. The van der Waals surface area contributed by atoms with Crippen molar-refractivity contribution in [3.63, 3.8) is 0 Å². The molecule has 1 saturated heterocycles. The zero-order valence-electron chi connectivity index (χ0n) is 13.7. The molecule has 0 saturated carbocycles. The van der Waals surface area contributed by atoms with Crippen LogP contribution < -0.4 is 9.64 Å². The number of piperidine rings is 1. The van der Waals surface area contributed by atoms with Crippen LogP contribution in [0.2, 0.25) is 5.02 Å². The lowest BCUT2D eigenvalue weighted by Gasteiger charge is -2.34. The summed E-state index contributed by atoms with van der Waals surface area (Å²) in [5, 5.41) is 1.75. The smallest absolute Gasteiger partial charge is 0.139 e. The fourth-order valence-corrected chi connectivity index (χ4v) is 4.12. The maximum atomic E-state index is 6.32. The first-order chi connectivity index (χ1) is 11.2. The molecule has 1 aromatic carbocycles. The highest BCUT2D eigenvalue weighted by molar-refractivity contribution is 7.98. The van der Waals surface area contributed by atoms with E-state index in [-0.39, 0.29) is 0 Å². The van der Waals surface area contributed by atoms with Crippen LogP contribution in [-0.2, 0) is 0 Å². The number of hydrogen-bond acceptors (Lipinski definition) is 4. The number of fused-ring (bicyclic) bond motifs is 1. The van der Waals surface area contributed by atoms with Gasteiger partial charge >= 0.3 is 0 Å². The predicted molar refractivity (Wildman–Crippen MR) is 101 cm³/mol. The molecule has 3 rings (SSSR count). The standard InChI is InChI=1S/C18H23ClN2OS/c1-22-18-12-16-14(11-15(18)19)17(3-7-20-16)21-8-4-13(5-9-21)6-10-23-2/h3,7,11-13H,4-6,8-10H2,1-2H3. The fraction of sp³-hybridized carbons (Fsp3) is 0.500. The number of hydrogen-bond donors (Lipinski definition) is 0. The quantitative estimate of drug-likeness (QED) is 0.768. The molecule has 1 fully saturated rings. The number of pyridine rings is 1. The third-order valence-corrected chi connectivity index (χ3v) is 5.62. The van der Waals surface area contributed by atoms with Crippen LogP contribution in [-0.4, -0.2) is 37.2 Å². The van der Waals surface area contributed by atoms with Crippen molar-refractivity contribution < 1.29 is 4.74 Å². The van der Waals surface area contributed by atoms with Crippen molar-refractivity contribution in [1.29, 1.82) is 0 Å². The number of rotatable bonds is 5. The van der Waals surface area contributed by atoms with E-state index in [1.165, 1.54) is 30.7 Å². The summed E-state index contributed by atoms with van der Waals surface area (Å²) in [6, 6.07) is 6.01. The first kappa shape index (κ1) is 16.7. The lowest BCUT2D eigenvalue weighted by molar-refractivity contribution is 0.398. The molecular formula is C18H23ClN2OS. The van der Waals surface area contributed by atoms with E-state index in [1.807, 2.05) is 30.1 Å². The third kappa shape index (κ3) is 3.69. The molecule has 0 radical (unpaired) electrons. The van der Waals surface area contributed by atoms with Crippen LogP contribution in [0.5, 0.6) is 5.75 Å². The summed E-state index contributed by atoms with van der Waals surface area (Å²) in [7, 11) is 1.64. The highest BCUT2D eigenvalue weighted by Crippen LogP contribution is 2.35. The zero-order chi connectivity index (χ0) is 16.2. The van der Waals surface area contributed by atoms with Crippen LogP contribution in [0, 0.1) is 5.92 Å². The van der Waals surface area contributed by atoms with Gasteiger partial charge in [0, 0.05) is 36.4 Å². The normalized spacial score (nSPS) is 16.0. The molecule has 1 aliphatic heterocycles. The van der Waals surface area contributed by atoms with Gasteiger partial charge in [0.2, 0.25) is 0 Å². The van der Waals surface area contributed by atoms with Gasteiger partial charge in [0.05, 0.1) is 17.6 Å². The zero-order valence-corrected chi connectivity index (χ0v) is 15.3. The molecule has 0 N–H and O–H groups in total. The maximum Gasteiger partial charge on any atom is 0.139 e. The Balaban J connectivity index is 1.82. The summed E-state index contributed by atoms with van der Waals surface area (Å²) in [5.41, 5.74) is 2.18. The molecule has 3 nitrogen and oxygen atoms in total. The number of thioether (sulfide) groups is 1. The molecule has 0 spiro atoms. The summed E-state index contributed by atoms with van der Waals surface area (Å²) in [6.07, 6.45) is 7.96. The fourth-order valence-electron chi connectivity index (χ4n) is 3.31. The van der Waals surface area contributed by atoms with Gasteiger partial charge in [-0.05, 0) is 49.3 Å². The number of halogens is 1. The van der Waals surface area contributed by atoms with Crippen LogP contribution in [0.15, 0.2) is 24.4 Å². The minimum atomic E-state index is 0.643. The molecule has 1 aromatic heterocycles. The summed E-state index contributed by atoms with van der Waals surface area (Å²) < 4.78 is 5.30. The number of ether oxygens (including phenoxy) is 1. The maximum absolute atomic E-state index is 6.32. The summed E-state index contributed by atoms with van der Waals surface area (Å²) >= 11 is 8.27. The Morgan fingerprint density at radius 2 is 2.13 bits per heavy atom. The van der Waals surface area contributed by atoms with Gasteiger partial charge in [0.25, 0.3) is 0 Å². The van der Waals surface area contributed by atoms with E-state index < -0.39 is 0 Å². The number of methoxy groups -OCH3 is 1. The number of nitrogens with zero attached hydrogens (tertiary/aromatic N) is 2. The van der Waals surface area contributed by atoms with Crippen molar-refractivity contribution in [2.24, 2.45) is 5.92 Å². The average Bonchev–Trinajstić information content (AvgIpc) is 2.59. The van der Waals surface area contributed by atoms with Crippen LogP contribution in [0.25, 0.3) is 10.9 Å². The topological polar surface area (TPSA) is 25.4 Å². The number of aromatic nitrogens is 1. The number of anilines is 1. The van der Waals surface area contributed by atoms with E-state index in [2.05, 4.69) is 22.2 Å². The highest BCUT2D eigenvalue weighted by Gasteiger charge is 2.21. The van der Waals surface area contributed by atoms with Gasteiger partial charge in [-0.3, -0.25) is 4.98 Å². The second kappa shape index (κ2) is 7.63. The van der Waals surface area contributed by atoms with E-state index in [0.29, 0.717) is 10.8 Å². The van der Waals surface area contributed by atoms with Crippen molar-refractivity contribution in [2.45, 2.75) is 19.3 Å². The Morgan fingerprint density at radius 3 is 2.83 bits per heavy atom. The van der Waals surface area contributed by atoms with Crippen LogP contribution in [0.4, 0.5) is 5.69 Å². The van der Waals surface area contributed by atoms with Crippen molar-refractivity contribution in [1.82, 2.24) is 4.98 Å². The first-order valence-corrected chi connectivity index (χ1v) is 9.86. The summed E-state index contributed by atoms with van der Waals surface area (Å²) in [4.78, 5) is 6.95. The Labute approximate surface area is 147 Å². The molecule has 0 atom stereocenters. The third-order valence-electron chi connectivity index (χ3n) is 4.68. The number of benzene rings is 1. The van der Waals surface area contributed by atoms with Crippen LogP contribution in [0.1, 0.15) is 19.3 Å². The van der Waals surface area contributed by atoms with Gasteiger partial charge in [0.1, 0.15) is 5.75 Å². The lowest BCUT2D eigenvalue weighted by atomic mass is 9.94. The molecule has 23 heavy (non-hydrogen) atoms. The van der Waals surface area contributed by atoms with E-state index in [0.717, 1.165) is 29.9 Å². The molecule has 0 amide bonds. The molecule has 2 heterocycles. The molecule has 0 aliphatic carbocycles. The summed E-state index contributed by atoms with van der Waals surface area (Å²) in [5.74, 6) is 2.83. The van der Waals surface area contributed by atoms with E-state index in [4.69, 9.17) is 16.3 Å². The molecule has 2 aromatic rings. The van der Waals surface area contributed by atoms with Gasteiger partial charge in [0.15, 0.2) is 0 Å². The first-order valence-electron chi connectivity index (χ1n) is 8.09. The van der Waals surface area contributed by atoms with Crippen molar-refractivity contribution >= 4 is 40.0 Å². The Morgan fingerprint density at radius 1 is 1.35 bits per heavy atom. The Bertz CT molecular complexity index is 671. The molecule has 124 valence electrons. The van der Waals surface area contributed by atoms with E-state index in [1.54, 1.807) is 7.11 Å². The molecule has 0 unspecified atom stereocenters. The Kier molecular flexibility index (Phi) is 5.54. The molecule has 5 heteroatoms.